The predicted molar refractivity (Wildman–Crippen MR) is 108 cm³/mol. The van der Waals surface area contributed by atoms with Gasteiger partial charge in [-0.15, -0.1) is 0 Å². The van der Waals surface area contributed by atoms with Gasteiger partial charge in [0.1, 0.15) is 17.2 Å². The maximum Gasteiger partial charge on any atom is 0.269 e. The maximum absolute atomic E-state index is 12.9. The van der Waals surface area contributed by atoms with Crippen LogP contribution in [0.1, 0.15) is 36.2 Å². The van der Waals surface area contributed by atoms with Gasteiger partial charge in [-0.2, -0.15) is 5.10 Å². The van der Waals surface area contributed by atoms with Gasteiger partial charge in [0.15, 0.2) is 0 Å². The van der Waals surface area contributed by atoms with Crippen molar-refractivity contribution in [1.82, 2.24) is 30.0 Å². The third kappa shape index (κ3) is 3.26. The Labute approximate surface area is 162 Å². The maximum atomic E-state index is 12.9. The van der Waals surface area contributed by atoms with Crippen molar-refractivity contribution in [3.8, 4) is 11.4 Å². The summed E-state index contributed by atoms with van der Waals surface area (Å²) in [4.78, 5) is 21.9. The van der Waals surface area contributed by atoms with Crippen molar-refractivity contribution in [2.75, 3.05) is 0 Å². The van der Waals surface area contributed by atoms with Gasteiger partial charge in [0.05, 0.1) is 22.8 Å². The Morgan fingerprint density at radius 1 is 1.11 bits per heavy atom. The number of carbonyl (C=O) groups excluding carboxylic acids is 1. The molecule has 7 heteroatoms. The summed E-state index contributed by atoms with van der Waals surface area (Å²) in [6.07, 6.45) is 1.70. The number of pyridine rings is 1. The highest BCUT2D eigenvalue weighted by molar-refractivity contribution is 5.93. The van der Waals surface area contributed by atoms with Crippen LogP contribution in [0.15, 0.2) is 54.7 Å². The Morgan fingerprint density at radius 3 is 2.61 bits per heavy atom. The van der Waals surface area contributed by atoms with Crippen LogP contribution in [-0.4, -0.2) is 30.6 Å². The van der Waals surface area contributed by atoms with Crippen LogP contribution in [0, 0.1) is 5.92 Å². The van der Waals surface area contributed by atoms with Gasteiger partial charge < -0.3 is 9.88 Å². The SMILES string of the molecule is CC(C)[C@H](NC(=O)c1cc(-c2ccccn2)n[nH]1)c1nc2ccccc2n1C. The summed E-state index contributed by atoms with van der Waals surface area (Å²) in [5, 5.41) is 10.1. The Bertz CT molecular complexity index is 1110. The highest BCUT2D eigenvalue weighted by Gasteiger charge is 2.25. The van der Waals surface area contributed by atoms with Gasteiger partial charge in [0, 0.05) is 13.2 Å². The Kier molecular flexibility index (Phi) is 4.65. The summed E-state index contributed by atoms with van der Waals surface area (Å²) in [6.45, 7) is 4.13. The summed E-state index contributed by atoms with van der Waals surface area (Å²) in [5.74, 6) is 0.770. The molecule has 0 saturated carbocycles. The first-order valence-electron chi connectivity index (χ1n) is 9.23. The van der Waals surface area contributed by atoms with Crippen LogP contribution in [0.5, 0.6) is 0 Å². The van der Waals surface area contributed by atoms with E-state index in [1.54, 1.807) is 12.3 Å². The molecule has 0 fully saturated rings. The fraction of sp³-hybridized carbons (Fsp3) is 0.238. The predicted octanol–water partition coefficient (Wildman–Crippen LogP) is 3.49. The molecule has 7 nitrogen and oxygen atoms in total. The number of nitrogens with one attached hydrogen (secondary N) is 2. The van der Waals surface area contributed by atoms with Gasteiger partial charge in [-0.05, 0) is 36.2 Å². The van der Waals surface area contributed by atoms with Crippen molar-refractivity contribution in [2.45, 2.75) is 19.9 Å². The van der Waals surface area contributed by atoms with Crippen molar-refractivity contribution >= 4 is 16.9 Å². The fourth-order valence-electron chi connectivity index (χ4n) is 3.27. The van der Waals surface area contributed by atoms with Gasteiger partial charge in [-0.3, -0.25) is 14.9 Å². The number of hydrogen-bond donors (Lipinski definition) is 2. The molecular weight excluding hydrogens is 352 g/mol. The van der Waals surface area contributed by atoms with E-state index >= 15 is 0 Å². The number of H-pyrrole nitrogens is 1. The quantitative estimate of drug-likeness (QED) is 0.560. The Hall–Kier alpha value is -3.48. The lowest BCUT2D eigenvalue weighted by atomic mass is 10.0. The summed E-state index contributed by atoms with van der Waals surface area (Å²) < 4.78 is 2.03. The number of aromatic nitrogens is 5. The second kappa shape index (κ2) is 7.26. The second-order valence-electron chi connectivity index (χ2n) is 7.09. The van der Waals surface area contributed by atoms with E-state index in [1.807, 2.05) is 54.1 Å². The minimum Gasteiger partial charge on any atom is -0.341 e. The number of nitrogens with zero attached hydrogens (tertiary/aromatic N) is 4. The molecule has 0 spiro atoms. The van der Waals surface area contributed by atoms with Crippen LogP contribution >= 0.6 is 0 Å². The zero-order chi connectivity index (χ0) is 19.7. The molecule has 3 heterocycles. The van der Waals surface area contributed by atoms with Crippen molar-refractivity contribution in [1.29, 1.82) is 0 Å². The van der Waals surface area contributed by atoms with Crippen molar-refractivity contribution < 1.29 is 4.79 Å². The molecule has 0 aliphatic rings. The largest absolute Gasteiger partial charge is 0.341 e. The fourth-order valence-corrected chi connectivity index (χ4v) is 3.27. The molecule has 28 heavy (non-hydrogen) atoms. The molecule has 2 N–H and O–H groups in total. The Morgan fingerprint density at radius 2 is 1.89 bits per heavy atom. The number of hydrogen-bond acceptors (Lipinski definition) is 4. The molecule has 4 rings (SSSR count). The first kappa shape index (κ1) is 17.9. The van der Waals surface area contributed by atoms with Crippen molar-refractivity contribution in [2.24, 2.45) is 13.0 Å². The second-order valence-corrected chi connectivity index (χ2v) is 7.09. The number of benzene rings is 1. The van der Waals surface area contributed by atoms with E-state index in [0.717, 1.165) is 16.9 Å². The van der Waals surface area contributed by atoms with Crippen molar-refractivity contribution in [3.63, 3.8) is 0 Å². The lowest BCUT2D eigenvalue weighted by molar-refractivity contribution is 0.0917. The van der Waals surface area contributed by atoms with Crippen LogP contribution in [-0.2, 0) is 7.05 Å². The number of rotatable bonds is 5. The van der Waals surface area contributed by atoms with Gasteiger partial charge in [0.2, 0.25) is 0 Å². The number of aromatic amines is 1. The normalized spacial score (nSPS) is 12.4. The molecule has 1 amide bonds. The van der Waals surface area contributed by atoms with Gasteiger partial charge >= 0.3 is 0 Å². The molecule has 3 aromatic heterocycles. The van der Waals surface area contributed by atoms with Crippen LogP contribution in [0.25, 0.3) is 22.4 Å². The zero-order valence-corrected chi connectivity index (χ0v) is 16.0. The number of fused-ring (bicyclic) bond motifs is 1. The van der Waals surface area contributed by atoms with Gasteiger partial charge in [-0.1, -0.05) is 32.0 Å². The topological polar surface area (TPSA) is 88.5 Å². The highest BCUT2D eigenvalue weighted by atomic mass is 16.2. The summed E-state index contributed by atoms with van der Waals surface area (Å²) in [5.41, 5.74) is 3.70. The minimum atomic E-state index is -0.230. The van der Waals surface area contributed by atoms with Crippen molar-refractivity contribution in [3.05, 3.63) is 66.2 Å². The minimum absolute atomic E-state index is 0.164. The molecule has 142 valence electrons. The molecule has 1 aromatic carbocycles. The molecule has 0 radical (unpaired) electrons. The molecular formula is C21H22N6O. The standard InChI is InChI=1S/C21H22N6O/c1-13(2)19(20-23-15-9-4-5-10-18(15)27(20)3)24-21(28)17-12-16(25-26-17)14-8-6-7-11-22-14/h4-13,19H,1-3H3,(H,24,28)(H,25,26)/t19-/m0/s1. The van der Waals surface area contributed by atoms with E-state index in [0.29, 0.717) is 17.1 Å². The molecule has 0 saturated heterocycles. The molecule has 0 unspecified atom stereocenters. The molecule has 4 aromatic rings. The van der Waals surface area contributed by atoms with E-state index in [2.05, 4.69) is 34.3 Å². The average molecular weight is 374 g/mol. The highest BCUT2D eigenvalue weighted by Crippen LogP contribution is 2.25. The van der Waals surface area contributed by atoms with E-state index < -0.39 is 0 Å². The van der Waals surface area contributed by atoms with Crippen LogP contribution in [0.3, 0.4) is 0 Å². The first-order valence-corrected chi connectivity index (χ1v) is 9.23. The zero-order valence-electron chi connectivity index (χ0n) is 16.0. The van der Waals surface area contributed by atoms with Crippen LogP contribution in [0.4, 0.5) is 0 Å². The summed E-state index contributed by atoms with van der Waals surface area (Å²) >= 11 is 0. The molecule has 0 aliphatic heterocycles. The third-order valence-electron chi connectivity index (χ3n) is 4.80. The average Bonchev–Trinajstić information content (AvgIpc) is 3.32. The van der Waals surface area contributed by atoms with Gasteiger partial charge in [0.25, 0.3) is 5.91 Å². The third-order valence-corrected chi connectivity index (χ3v) is 4.80. The number of imidazole rings is 1. The van der Waals surface area contributed by atoms with Crippen LogP contribution in [0.2, 0.25) is 0 Å². The number of amides is 1. The monoisotopic (exact) mass is 374 g/mol. The lowest BCUT2D eigenvalue weighted by Gasteiger charge is -2.21. The molecule has 0 bridgehead atoms. The van der Waals surface area contributed by atoms with Crippen LogP contribution < -0.4 is 5.32 Å². The number of aryl methyl sites for hydroxylation is 1. The van der Waals surface area contributed by atoms with E-state index in [1.165, 1.54) is 0 Å². The van der Waals surface area contributed by atoms with E-state index in [9.17, 15) is 4.79 Å². The van der Waals surface area contributed by atoms with Gasteiger partial charge in [-0.25, -0.2) is 4.98 Å². The van der Waals surface area contributed by atoms with E-state index in [4.69, 9.17) is 4.98 Å². The number of para-hydroxylation sites is 2. The summed E-state index contributed by atoms with van der Waals surface area (Å²) in [7, 11) is 1.97. The summed E-state index contributed by atoms with van der Waals surface area (Å²) in [6, 6.07) is 15.0. The Balaban J connectivity index is 1.61. The first-order chi connectivity index (χ1) is 13.5. The lowest BCUT2D eigenvalue weighted by Crippen LogP contribution is -2.33. The molecule has 0 aliphatic carbocycles. The smallest absolute Gasteiger partial charge is 0.269 e. The van der Waals surface area contributed by atoms with E-state index in [-0.39, 0.29) is 17.9 Å². The molecule has 1 atom stereocenters. The number of carbonyl (C=O) groups is 1.